The monoisotopic (exact) mass is 325 g/mol. The normalized spacial score (nSPS) is 10.4. The van der Waals surface area contributed by atoms with E-state index < -0.39 is 0 Å². The van der Waals surface area contributed by atoms with Crippen LogP contribution < -0.4 is 4.74 Å². The Morgan fingerprint density at radius 2 is 2.28 bits per heavy atom. The maximum Gasteiger partial charge on any atom is 0.186 e. The molecular weight excluding hydrogens is 314 g/mol. The molecule has 0 aliphatic carbocycles. The number of hydrogen-bond acceptors (Lipinski definition) is 4. The predicted octanol–water partition coefficient (Wildman–Crippen LogP) is 3.65. The van der Waals surface area contributed by atoms with Gasteiger partial charge in [-0.15, -0.1) is 11.3 Å². The first kappa shape index (κ1) is 13.2. The molecule has 0 radical (unpaired) electrons. The average Bonchev–Trinajstić information content (AvgIpc) is 2.76. The molecule has 0 amide bonds. The van der Waals surface area contributed by atoms with Crippen LogP contribution in [0, 0.1) is 6.92 Å². The third-order valence-electron chi connectivity index (χ3n) is 2.49. The zero-order chi connectivity index (χ0) is 13.1. The smallest absolute Gasteiger partial charge is 0.186 e. The van der Waals surface area contributed by atoms with E-state index in [2.05, 4.69) is 20.9 Å². The van der Waals surface area contributed by atoms with Crippen LogP contribution in [0.25, 0.3) is 0 Å². The van der Waals surface area contributed by atoms with Gasteiger partial charge < -0.3 is 4.74 Å². The molecule has 1 aromatic carbocycles. The first-order valence-electron chi connectivity index (χ1n) is 5.38. The number of benzene rings is 1. The summed E-state index contributed by atoms with van der Waals surface area (Å²) < 4.78 is 6.00. The molecule has 94 valence electrons. The number of halogens is 1. The van der Waals surface area contributed by atoms with E-state index in [0.29, 0.717) is 12.1 Å². The van der Waals surface area contributed by atoms with Crippen molar-refractivity contribution in [3.8, 4) is 5.75 Å². The van der Waals surface area contributed by atoms with Crippen LogP contribution in [0.4, 0.5) is 0 Å². The van der Waals surface area contributed by atoms with Crippen LogP contribution in [0.15, 0.2) is 28.1 Å². The predicted molar refractivity (Wildman–Crippen MR) is 75.6 cm³/mol. The molecule has 0 bridgehead atoms. The highest BCUT2D eigenvalue weighted by molar-refractivity contribution is 9.10. The van der Waals surface area contributed by atoms with Gasteiger partial charge in [0, 0.05) is 11.8 Å². The fraction of sp³-hybridized carbons (Fsp3) is 0.231. The quantitative estimate of drug-likeness (QED) is 0.805. The number of Topliss-reactive ketones (excluding diaryl/α,β-unsaturated/α-hetero) is 1. The molecule has 0 fully saturated rings. The second-order valence-corrected chi connectivity index (χ2v) is 5.74. The minimum Gasteiger partial charge on any atom is -0.496 e. The second-order valence-electron chi connectivity index (χ2n) is 3.82. The van der Waals surface area contributed by atoms with Crippen molar-refractivity contribution < 1.29 is 9.53 Å². The SMILES string of the molecule is COc1ccc(CC(=O)c2csc(C)n2)cc1Br. The van der Waals surface area contributed by atoms with Gasteiger partial charge in [-0.2, -0.15) is 0 Å². The van der Waals surface area contributed by atoms with Gasteiger partial charge in [-0.05, 0) is 40.5 Å². The van der Waals surface area contributed by atoms with Gasteiger partial charge in [0.2, 0.25) is 0 Å². The van der Waals surface area contributed by atoms with Crippen LogP contribution in [0.5, 0.6) is 5.75 Å². The number of aromatic nitrogens is 1. The highest BCUT2D eigenvalue weighted by Gasteiger charge is 2.11. The van der Waals surface area contributed by atoms with E-state index in [-0.39, 0.29) is 5.78 Å². The van der Waals surface area contributed by atoms with Crippen molar-refractivity contribution in [2.24, 2.45) is 0 Å². The molecule has 1 heterocycles. The molecule has 0 saturated heterocycles. The summed E-state index contributed by atoms with van der Waals surface area (Å²) in [6, 6.07) is 5.63. The van der Waals surface area contributed by atoms with Gasteiger partial charge >= 0.3 is 0 Å². The summed E-state index contributed by atoms with van der Waals surface area (Å²) >= 11 is 4.90. The lowest BCUT2D eigenvalue weighted by atomic mass is 10.1. The fourth-order valence-electron chi connectivity index (χ4n) is 1.59. The molecule has 0 aliphatic heterocycles. The summed E-state index contributed by atoms with van der Waals surface area (Å²) in [6.45, 7) is 1.89. The summed E-state index contributed by atoms with van der Waals surface area (Å²) in [7, 11) is 1.61. The van der Waals surface area contributed by atoms with Crippen molar-refractivity contribution in [3.05, 3.63) is 44.3 Å². The summed E-state index contributed by atoms with van der Waals surface area (Å²) in [5, 5.41) is 2.71. The largest absolute Gasteiger partial charge is 0.496 e. The van der Waals surface area contributed by atoms with Crippen LogP contribution in [-0.4, -0.2) is 17.9 Å². The number of hydrogen-bond donors (Lipinski definition) is 0. The van der Waals surface area contributed by atoms with Crippen LogP contribution in [-0.2, 0) is 6.42 Å². The summed E-state index contributed by atoms with van der Waals surface area (Å²) in [6.07, 6.45) is 0.353. The standard InChI is InChI=1S/C13H12BrNO2S/c1-8-15-11(7-18-8)12(16)6-9-3-4-13(17-2)10(14)5-9/h3-5,7H,6H2,1-2H3. The third-order valence-corrected chi connectivity index (χ3v) is 3.88. The molecule has 2 aromatic rings. The van der Waals surface area contributed by atoms with Crippen molar-refractivity contribution in [3.63, 3.8) is 0 Å². The number of methoxy groups -OCH3 is 1. The van der Waals surface area contributed by atoms with E-state index in [9.17, 15) is 4.79 Å². The van der Waals surface area contributed by atoms with Crippen molar-refractivity contribution >= 4 is 33.0 Å². The molecule has 2 rings (SSSR count). The lowest BCUT2D eigenvalue weighted by Crippen LogP contribution is -2.04. The number of nitrogens with zero attached hydrogens (tertiary/aromatic N) is 1. The van der Waals surface area contributed by atoms with E-state index >= 15 is 0 Å². The van der Waals surface area contributed by atoms with Gasteiger partial charge in [0.1, 0.15) is 11.4 Å². The van der Waals surface area contributed by atoms with Crippen molar-refractivity contribution in [2.45, 2.75) is 13.3 Å². The van der Waals surface area contributed by atoms with E-state index in [1.54, 1.807) is 12.5 Å². The fourth-order valence-corrected chi connectivity index (χ4v) is 2.79. The first-order chi connectivity index (χ1) is 8.60. The minimum absolute atomic E-state index is 0.0383. The Labute approximate surface area is 118 Å². The maximum atomic E-state index is 12.0. The Morgan fingerprint density at radius 3 is 2.83 bits per heavy atom. The van der Waals surface area contributed by atoms with Crippen molar-refractivity contribution in [1.82, 2.24) is 4.98 Å². The number of ketones is 1. The third kappa shape index (κ3) is 2.97. The first-order valence-corrected chi connectivity index (χ1v) is 7.05. The zero-order valence-electron chi connectivity index (χ0n) is 10.1. The molecule has 5 heteroatoms. The Morgan fingerprint density at radius 1 is 1.50 bits per heavy atom. The molecule has 0 saturated carbocycles. The zero-order valence-corrected chi connectivity index (χ0v) is 12.5. The number of rotatable bonds is 4. The summed E-state index contributed by atoms with van der Waals surface area (Å²) in [4.78, 5) is 16.2. The van der Waals surface area contributed by atoms with Crippen LogP contribution in [0.1, 0.15) is 21.1 Å². The Bertz CT molecular complexity index is 580. The molecule has 1 aromatic heterocycles. The Balaban J connectivity index is 2.14. The molecule has 18 heavy (non-hydrogen) atoms. The van der Waals surface area contributed by atoms with Gasteiger partial charge in [-0.25, -0.2) is 4.98 Å². The number of thiazole rings is 1. The van der Waals surface area contributed by atoms with Gasteiger partial charge in [0.25, 0.3) is 0 Å². The van der Waals surface area contributed by atoms with Gasteiger partial charge in [0.15, 0.2) is 5.78 Å². The van der Waals surface area contributed by atoms with Crippen molar-refractivity contribution in [2.75, 3.05) is 7.11 Å². The van der Waals surface area contributed by atoms with E-state index in [1.165, 1.54) is 11.3 Å². The molecule has 3 nitrogen and oxygen atoms in total. The maximum absolute atomic E-state index is 12.0. The number of carbonyl (C=O) groups is 1. The van der Waals surface area contributed by atoms with E-state index in [1.807, 2.05) is 25.1 Å². The lowest BCUT2D eigenvalue weighted by Gasteiger charge is -2.05. The number of carbonyl (C=O) groups excluding carboxylic acids is 1. The summed E-state index contributed by atoms with van der Waals surface area (Å²) in [5.74, 6) is 0.798. The minimum atomic E-state index is 0.0383. The van der Waals surface area contributed by atoms with Crippen molar-refractivity contribution in [1.29, 1.82) is 0 Å². The number of ether oxygens (including phenoxy) is 1. The molecule has 0 unspecified atom stereocenters. The average molecular weight is 326 g/mol. The lowest BCUT2D eigenvalue weighted by molar-refractivity contribution is 0.0988. The molecule has 0 aliphatic rings. The molecule has 0 spiro atoms. The second kappa shape index (κ2) is 5.63. The van der Waals surface area contributed by atoms with Crippen LogP contribution in [0.3, 0.4) is 0 Å². The van der Waals surface area contributed by atoms with E-state index in [0.717, 1.165) is 20.8 Å². The van der Waals surface area contributed by atoms with Gasteiger partial charge in [-0.3, -0.25) is 4.79 Å². The van der Waals surface area contributed by atoms with Crippen LogP contribution in [0.2, 0.25) is 0 Å². The van der Waals surface area contributed by atoms with Gasteiger partial charge in [0.05, 0.1) is 16.6 Å². The van der Waals surface area contributed by atoms with Gasteiger partial charge in [-0.1, -0.05) is 6.07 Å². The molecule has 0 atom stereocenters. The number of aryl methyl sites for hydroxylation is 1. The molecular formula is C13H12BrNO2S. The highest BCUT2D eigenvalue weighted by Crippen LogP contribution is 2.26. The van der Waals surface area contributed by atoms with Crippen LogP contribution >= 0.6 is 27.3 Å². The molecule has 0 N–H and O–H groups in total. The Hall–Kier alpha value is -1.20. The highest BCUT2D eigenvalue weighted by atomic mass is 79.9. The summed E-state index contributed by atoms with van der Waals surface area (Å²) in [5.41, 5.74) is 1.49. The van der Waals surface area contributed by atoms with E-state index in [4.69, 9.17) is 4.74 Å². The topological polar surface area (TPSA) is 39.2 Å². The Kier molecular flexibility index (Phi) is 4.14.